The molecule has 0 saturated carbocycles. The third kappa shape index (κ3) is 4.25. The van der Waals surface area contributed by atoms with Gasteiger partial charge in [-0.15, -0.1) is 0 Å². The van der Waals surface area contributed by atoms with Gasteiger partial charge in [0.05, 0.1) is 22.6 Å². The fraction of sp³-hybridized carbons (Fsp3) is 0.0217. The highest BCUT2D eigenvalue weighted by atomic mass is 16.5. The van der Waals surface area contributed by atoms with Gasteiger partial charge in [0.15, 0.2) is 17.5 Å². The summed E-state index contributed by atoms with van der Waals surface area (Å²) in [6.07, 6.45) is 0. The fourth-order valence-corrected chi connectivity index (χ4v) is 7.94. The summed E-state index contributed by atoms with van der Waals surface area (Å²) >= 11 is 0. The number of ether oxygens (including phenoxy) is 1. The highest BCUT2D eigenvalue weighted by Crippen LogP contribution is 2.63. The van der Waals surface area contributed by atoms with Crippen LogP contribution in [0.25, 0.3) is 56.1 Å². The Kier molecular flexibility index (Phi) is 6.42. The van der Waals surface area contributed by atoms with Gasteiger partial charge in [-0.25, -0.2) is 15.0 Å². The van der Waals surface area contributed by atoms with Crippen LogP contribution >= 0.6 is 0 Å². The lowest BCUT2D eigenvalue weighted by atomic mass is 9.65. The first-order valence-electron chi connectivity index (χ1n) is 17.0. The molecule has 1 aromatic heterocycles. The molecule has 7 aromatic carbocycles. The summed E-state index contributed by atoms with van der Waals surface area (Å²) in [7, 11) is 0. The molecule has 0 fully saturated rings. The second-order valence-electron chi connectivity index (χ2n) is 13.0. The zero-order chi connectivity index (χ0) is 34.8. The molecule has 0 amide bonds. The van der Waals surface area contributed by atoms with Gasteiger partial charge in [0.1, 0.15) is 17.6 Å². The van der Waals surface area contributed by atoms with E-state index in [0.717, 1.165) is 60.8 Å². The van der Waals surface area contributed by atoms with Crippen LogP contribution < -0.4 is 4.74 Å². The number of nitrogens with zero attached hydrogens (tertiary/aromatic N) is 5. The van der Waals surface area contributed by atoms with Crippen LogP contribution in [0.5, 0.6) is 11.5 Å². The first-order valence-corrected chi connectivity index (χ1v) is 17.0. The zero-order valence-corrected chi connectivity index (χ0v) is 27.6. The van der Waals surface area contributed by atoms with Gasteiger partial charge in [0.2, 0.25) is 0 Å². The summed E-state index contributed by atoms with van der Waals surface area (Å²) in [6.45, 7) is 0. The summed E-state index contributed by atoms with van der Waals surface area (Å²) < 4.78 is 6.59. The number of hydrogen-bond acceptors (Lipinski definition) is 6. The first-order chi connectivity index (χ1) is 25.6. The first kappa shape index (κ1) is 29.5. The Morgan fingerprint density at radius 3 is 1.83 bits per heavy atom. The van der Waals surface area contributed by atoms with Crippen molar-refractivity contribution in [1.82, 2.24) is 15.0 Å². The molecule has 0 saturated heterocycles. The minimum Gasteiger partial charge on any atom is -0.455 e. The lowest BCUT2D eigenvalue weighted by Crippen LogP contribution is -2.32. The molecule has 1 spiro atoms. The summed E-state index contributed by atoms with van der Waals surface area (Å²) in [5, 5.41) is 22.1. The normalized spacial score (nSPS) is 14.7. The molecule has 240 valence electrons. The number of para-hydroxylation sites is 2. The predicted octanol–water partition coefficient (Wildman–Crippen LogP) is 10.2. The smallest absolute Gasteiger partial charge is 0.164 e. The van der Waals surface area contributed by atoms with Crippen molar-refractivity contribution >= 4 is 10.8 Å². The van der Waals surface area contributed by atoms with E-state index in [1.807, 2.05) is 103 Å². The Morgan fingerprint density at radius 1 is 0.462 bits per heavy atom. The molecule has 10 rings (SSSR count). The van der Waals surface area contributed by atoms with Gasteiger partial charge in [-0.1, -0.05) is 109 Å². The number of benzene rings is 7. The van der Waals surface area contributed by atoms with Crippen LogP contribution in [0.3, 0.4) is 0 Å². The Balaban J connectivity index is 1.30. The molecule has 1 aliphatic heterocycles. The maximum atomic E-state index is 10.3. The van der Waals surface area contributed by atoms with Crippen molar-refractivity contribution in [3.8, 4) is 68.9 Å². The fourth-order valence-electron chi connectivity index (χ4n) is 7.94. The minimum atomic E-state index is -0.855. The van der Waals surface area contributed by atoms with E-state index in [2.05, 4.69) is 54.6 Å². The van der Waals surface area contributed by atoms with Crippen molar-refractivity contribution in [2.24, 2.45) is 0 Å². The Labute approximate surface area is 299 Å². The number of nitriles is 2. The Bertz CT molecular complexity index is 2800. The largest absolute Gasteiger partial charge is 0.455 e. The molecule has 1 atom stereocenters. The number of aromatic nitrogens is 3. The average Bonchev–Trinajstić information content (AvgIpc) is 3.48. The number of fused-ring (bicyclic) bond motifs is 10. The van der Waals surface area contributed by atoms with E-state index in [4.69, 9.17) is 19.7 Å². The predicted molar refractivity (Wildman–Crippen MR) is 200 cm³/mol. The van der Waals surface area contributed by atoms with E-state index in [0.29, 0.717) is 40.1 Å². The molecule has 0 radical (unpaired) electrons. The molecule has 1 aliphatic carbocycles. The molecular formula is C46H25N5O. The highest BCUT2D eigenvalue weighted by molar-refractivity contribution is 5.98. The standard InChI is InChI=1S/C46H25N5O/c47-26-28-18-19-31-23-36-35-21-20-32(45-50-43(29-10-3-1-4-11-29)49-44(51-45)30-12-5-2-6-13-30)24-39(35)46(40(36)25-34(31)22-28)37-15-7-8-17-41(37)52-42-33(27-48)14-9-16-38(42)46/h1-25H. The van der Waals surface area contributed by atoms with Crippen LogP contribution in [0.15, 0.2) is 152 Å². The van der Waals surface area contributed by atoms with E-state index in [9.17, 15) is 10.5 Å². The molecular weight excluding hydrogens is 639 g/mol. The van der Waals surface area contributed by atoms with Crippen molar-refractivity contribution < 1.29 is 4.74 Å². The lowest BCUT2D eigenvalue weighted by Gasteiger charge is -2.39. The van der Waals surface area contributed by atoms with E-state index < -0.39 is 5.41 Å². The SMILES string of the molecule is N#Cc1ccc2cc3c(cc2c1)C1(c2ccccc2Oc2c(C#N)cccc21)c1cc(-c2nc(-c4ccccc4)nc(-c4ccccc4)n2)ccc1-3. The molecule has 6 nitrogen and oxygen atoms in total. The van der Waals surface area contributed by atoms with Crippen LogP contribution in [-0.2, 0) is 5.41 Å². The van der Waals surface area contributed by atoms with Gasteiger partial charge in [0, 0.05) is 27.8 Å². The molecule has 8 aromatic rings. The molecule has 2 aliphatic rings. The van der Waals surface area contributed by atoms with Crippen LogP contribution in [0.2, 0.25) is 0 Å². The Morgan fingerprint density at radius 2 is 1.12 bits per heavy atom. The van der Waals surface area contributed by atoms with Crippen LogP contribution in [0.1, 0.15) is 33.4 Å². The van der Waals surface area contributed by atoms with Crippen molar-refractivity contribution in [1.29, 1.82) is 10.5 Å². The molecule has 0 N–H and O–H groups in total. The average molecular weight is 664 g/mol. The van der Waals surface area contributed by atoms with Gasteiger partial charge in [0.25, 0.3) is 0 Å². The topological polar surface area (TPSA) is 95.5 Å². The number of hydrogen-bond donors (Lipinski definition) is 0. The summed E-state index contributed by atoms with van der Waals surface area (Å²) in [5.74, 6) is 2.95. The third-order valence-corrected chi connectivity index (χ3v) is 10.2. The third-order valence-electron chi connectivity index (χ3n) is 10.2. The van der Waals surface area contributed by atoms with Gasteiger partial charge >= 0.3 is 0 Å². The monoisotopic (exact) mass is 663 g/mol. The van der Waals surface area contributed by atoms with E-state index in [-0.39, 0.29) is 0 Å². The van der Waals surface area contributed by atoms with Gasteiger partial charge in [-0.3, -0.25) is 0 Å². The second-order valence-corrected chi connectivity index (χ2v) is 13.0. The van der Waals surface area contributed by atoms with Gasteiger partial charge in [-0.05, 0) is 75.5 Å². The summed E-state index contributed by atoms with van der Waals surface area (Å²) in [5.41, 5.74) is 8.91. The second kappa shape index (κ2) is 11.3. The van der Waals surface area contributed by atoms with Crippen molar-refractivity contribution in [3.05, 3.63) is 185 Å². The molecule has 1 unspecified atom stereocenters. The quantitative estimate of drug-likeness (QED) is 0.187. The van der Waals surface area contributed by atoms with Gasteiger partial charge < -0.3 is 4.74 Å². The van der Waals surface area contributed by atoms with E-state index >= 15 is 0 Å². The van der Waals surface area contributed by atoms with Gasteiger partial charge in [-0.2, -0.15) is 10.5 Å². The minimum absolute atomic E-state index is 0.461. The van der Waals surface area contributed by atoms with Crippen molar-refractivity contribution in [3.63, 3.8) is 0 Å². The van der Waals surface area contributed by atoms with E-state index in [1.54, 1.807) is 6.07 Å². The van der Waals surface area contributed by atoms with Crippen LogP contribution in [0.4, 0.5) is 0 Å². The summed E-state index contributed by atoms with van der Waals surface area (Å²) in [4.78, 5) is 15.1. The Hall–Kier alpha value is -7.41. The van der Waals surface area contributed by atoms with Crippen molar-refractivity contribution in [2.75, 3.05) is 0 Å². The zero-order valence-electron chi connectivity index (χ0n) is 27.6. The maximum absolute atomic E-state index is 10.3. The number of rotatable bonds is 3. The highest BCUT2D eigenvalue weighted by Gasteiger charge is 2.52. The molecule has 2 heterocycles. The molecule has 0 bridgehead atoms. The van der Waals surface area contributed by atoms with Crippen molar-refractivity contribution in [2.45, 2.75) is 5.41 Å². The maximum Gasteiger partial charge on any atom is 0.164 e. The van der Waals surface area contributed by atoms with Crippen LogP contribution in [-0.4, -0.2) is 15.0 Å². The summed E-state index contributed by atoms with van der Waals surface area (Å²) in [6, 6.07) is 55.1. The molecule has 6 heteroatoms. The molecule has 52 heavy (non-hydrogen) atoms. The van der Waals surface area contributed by atoms with E-state index in [1.165, 1.54) is 0 Å². The lowest BCUT2D eigenvalue weighted by molar-refractivity contribution is 0.435. The van der Waals surface area contributed by atoms with Crippen LogP contribution in [0, 0.1) is 22.7 Å².